The van der Waals surface area contributed by atoms with Crippen LogP contribution in [-0.4, -0.2) is 19.9 Å². The Balaban J connectivity index is 1.87. The molecule has 20 heavy (non-hydrogen) atoms. The van der Waals surface area contributed by atoms with Gasteiger partial charge in [0.2, 0.25) is 0 Å². The number of fused-ring (bicyclic) bond motifs is 1. The summed E-state index contributed by atoms with van der Waals surface area (Å²) in [4.78, 5) is 25.3. The Morgan fingerprint density at radius 2 is 2.20 bits per heavy atom. The largest absolute Gasteiger partial charge is 0.346 e. The standard InChI is InChI=1S/C15H14N4O/c20-15-12(18-13(19-15)6-9-3-4-9)7-10-8-17-14-11(10)2-1-5-16-14/h1-2,5-9,18H,3-4H2,(H,16,17)(H,19,20)/b12-7-,13-6+. The molecule has 5 heteroatoms. The van der Waals surface area contributed by atoms with E-state index >= 15 is 0 Å². The van der Waals surface area contributed by atoms with Gasteiger partial charge in [0.05, 0.1) is 0 Å². The third-order valence-electron chi connectivity index (χ3n) is 3.57. The van der Waals surface area contributed by atoms with Crippen LogP contribution in [0.25, 0.3) is 23.2 Å². The molecule has 1 fully saturated rings. The fourth-order valence-corrected chi connectivity index (χ4v) is 2.36. The molecule has 0 aromatic carbocycles. The zero-order valence-corrected chi connectivity index (χ0v) is 10.8. The number of aromatic nitrogens is 4. The van der Waals surface area contributed by atoms with Crippen LogP contribution in [0.15, 0.2) is 29.3 Å². The minimum atomic E-state index is -0.0878. The van der Waals surface area contributed by atoms with Crippen LogP contribution in [0.3, 0.4) is 0 Å². The number of hydrogen-bond donors (Lipinski definition) is 3. The Hall–Kier alpha value is -2.56. The fraction of sp³-hybridized carbons (Fsp3) is 0.200. The molecule has 0 spiro atoms. The predicted octanol–water partition coefficient (Wildman–Crippen LogP) is 0.599. The van der Waals surface area contributed by atoms with Gasteiger partial charge in [-0.25, -0.2) is 4.98 Å². The van der Waals surface area contributed by atoms with Crippen LogP contribution >= 0.6 is 0 Å². The van der Waals surface area contributed by atoms with Gasteiger partial charge in [0.15, 0.2) is 0 Å². The van der Waals surface area contributed by atoms with E-state index in [9.17, 15) is 4.79 Å². The molecule has 0 aliphatic heterocycles. The minimum absolute atomic E-state index is 0.0878. The van der Waals surface area contributed by atoms with Gasteiger partial charge >= 0.3 is 0 Å². The Morgan fingerprint density at radius 1 is 1.30 bits per heavy atom. The average molecular weight is 266 g/mol. The van der Waals surface area contributed by atoms with Gasteiger partial charge < -0.3 is 15.0 Å². The normalized spacial score (nSPS) is 17.2. The zero-order valence-electron chi connectivity index (χ0n) is 10.8. The van der Waals surface area contributed by atoms with Gasteiger partial charge in [-0.15, -0.1) is 0 Å². The topological polar surface area (TPSA) is 77.3 Å². The fourth-order valence-electron chi connectivity index (χ4n) is 2.36. The second kappa shape index (κ2) is 4.23. The first-order chi connectivity index (χ1) is 9.79. The lowest BCUT2D eigenvalue weighted by molar-refractivity contribution is 1.11. The number of imidazole rings is 1. The quantitative estimate of drug-likeness (QED) is 0.635. The number of aromatic amines is 3. The number of nitrogens with one attached hydrogen (secondary N) is 3. The van der Waals surface area contributed by atoms with E-state index in [0.29, 0.717) is 11.3 Å². The van der Waals surface area contributed by atoms with E-state index in [1.807, 2.05) is 24.4 Å². The summed E-state index contributed by atoms with van der Waals surface area (Å²) in [5, 5.41) is 1.58. The predicted molar refractivity (Wildman–Crippen MR) is 77.5 cm³/mol. The molecule has 0 bridgehead atoms. The van der Waals surface area contributed by atoms with Gasteiger partial charge in [-0.05, 0) is 43.0 Å². The van der Waals surface area contributed by atoms with E-state index < -0.39 is 0 Å². The van der Waals surface area contributed by atoms with Gasteiger partial charge in [0.25, 0.3) is 5.56 Å². The second-order valence-corrected chi connectivity index (χ2v) is 5.20. The Labute approximate surface area is 114 Å². The van der Waals surface area contributed by atoms with Crippen molar-refractivity contribution in [3.8, 4) is 0 Å². The lowest BCUT2D eigenvalue weighted by Crippen LogP contribution is -2.22. The summed E-state index contributed by atoms with van der Waals surface area (Å²) < 4.78 is 0. The van der Waals surface area contributed by atoms with Crippen LogP contribution in [0.4, 0.5) is 0 Å². The maximum Gasteiger partial charge on any atom is 0.273 e. The number of rotatable bonds is 2. The summed E-state index contributed by atoms with van der Waals surface area (Å²) in [5.41, 5.74) is 2.50. The molecule has 1 aliphatic carbocycles. The van der Waals surface area contributed by atoms with Gasteiger partial charge in [0, 0.05) is 23.3 Å². The van der Waals surface area contributed by atoms with Crippen LogP contribution in [0.1, 0.15) is 18.4 Å². The first-order valence-corrected chi connectivity index (χ1v) is 6.73. The third-order valence-corrected chi connectivity index (χ3v) is 3.57. The molecular formula is C15H14N4O. The van der Waals surface area contributed by atoms with Gasteiger partial charge in [-0.3, -0.25) is 4.79 Å². The summed E-state index contributed by atoms with van der Waals surface area (Å²) in [6.07, 6.45) is 9.98. The molecule has 0 saturated heterocycles. The van der Waals surface area contributed by atoms with Crippen molar-refractivity contribution >= 4 is 23.2 Å². The molecule has 0 atom stereocenters. The van der Waals surface area contributed by atoms with Crippen LogP contribution < -0.4 is 16.4 Å². The number of pyridine rings is 1. The lowest BCUT2D eigenvalue weighted by Gasteiger charge is -1.88. The molecule has 0 radical (unpaired) electrons. The molecule has 1 aliphatic rings. The van der Waals surface area contributed by atoms with E-state index in [-0.39, 0.29) is 5.56 Å². The second-order valence-electron chi connectivity index (χ2n) is 5.20. The first-order valence-electron chi connectivity index (χ1n) is 6.73. The zero-order chi connectivity index (χ0) is 13.5. The van der Waals surface area contributed by atoms with Crippen molar-refractivity contribution in [1.82, 2.24) is 19.9 Å². The molecule has 3 N–H and O–H groups in total. The summed E-state index contributed by atoms with van der Waals surface area (Å²) in [6, 6.07) is 3.87. The van der Waals surface area contributed by atoms with Crippen molar-refractivity contribution in [1.29, 1.82) is 0 Å². The molecule has 3 aromatic heterocycles. The van der Waals surface area contributed by atoms with Gasteiger partial charge in [-0.2, -0.15) is 0 Å². The highest BCUT2D eigenvalue weighted by Crippen LogP contribution is 2.29. The molecule has 0 amide bonds. The SMILES string of the molecule is O=c1[nH]/c(=C/C2CC2)[nH]/c1=C\c1c[nH]c2ncccc12. The average Bonchev–Trinajstić information content (AvgIpc) is 3.07. The summed E-state index contributed by atoms with van der Waals surface area (Å²) in [7, 11) is 0. The Bertz CT molecular complexity index is 940. The van der Waals surface area contributed by atoms with Crippen LogP contribution in [0.5, 0.6) is 0 Å². The van der Waals surface area contributed by atoms with Gasteiger partial charge in [0.1, 0.15) is 16.5 Å². The number of H-pyrrole nitrogens is 3. The minimum Gasteiger partial charge on any atom is -0.346 e. The maximum absolute atomic E-state index is 11.9. The van der Waals surface area contributed by atoms with Crippen molar-refractivity contribution in [2.24, 2.45) is 5.92 Å². The first kappa shape index (κ1) is 11.3. The van der Waals surface area contributed by atoms with E-state index in [1.165, 1.54) is 12.8 Å². The van der Waals surface area contributed by atoms with E-state index in [0.717, 1.165) is 22.1 Å². The summed E-state index contributed by atoms with van der Waals surface area (Å²) in [6.45, 7) is 0. The van der Waals surface area contributed by atoms with Crippen molar-refractivity contribution in [2.45, 2.75) is 12.8 Å². The molecule has 3 heterocycles. The van der Waals surface area contributed by atoms with Crippen molar-refractivity contribution in [3.63, 3.8) is 0 Å². The van der Waals surface area contributed by atoms with Crippen molar-refractivity contribution < 1.29 is 0 Å². The monoisotopic (exact) mass is 266 g/mol. The van der Waals surface area contributed by atoms with Crippen LogP contribution in [0, 0.1) is 5.92 Å². The third kappa shape index (κ3) is 1.97. The molecular weight excluding hydrogens is 252 g/mol. The Kier molecular flexibility index (Phi) is 2.39. The van der Waals surface area contributed by atoms with E-state index in [1.54, 1.807) is 6.20 Å². The molecule has 4 rings (SSSR count). The van der Waals surface area contributed by atoms with Gasteiger partial charge in [-0.1, -0.05) is 0 Å². The summed E-state index contributed by atoms with van der Waals surface area (Å²) in [5.74, 6) is 0.620. The van der Waals surface area contributed by atoms with Crippen molar-refractivity contribution in [3.05, 3.63) is 51.3 Å². The van der Waals surface area contributed by atoms with E-state index in [4.69, 9.17) is 0 Å². The highest BCUT2D eigenvalue weighted by molar-refractivity contribution is 5.85. The van der Waals surface area contributed by atoms with Crippen molar-refractivity contribution in [2.75, 3.05) is 0 Å². The molecule has 0 unspecified atom stereocenters. The molecule has 5 nitrogen and oxygen atoms in total. The smallest absolute Gasteiger partial charge is 0.273 e. The molecule has 3 aromatic rings. The van der Waals surface area contributed by atoms with Crippen LogP contribution in [-0.2, 0) is 0 Å². The Morgan fingerprint density at radius 3 is 3.05 bits per heavy atom. The summed E-state index contributed by atoms with van der Waals surface area (Å²) >= 11 is 0. The van der Waals surface area contributed by atoms with Crippen LogP contribution in [0.2, 0.25) is 0 Å². The highest BCUT2D eigenvalue weighted by Gasteiger charge is 2.18. The number of hydrogen-bond acceptors (Lipinski definition) is 2. The molecule has 1 saturated carbocycles. The lowest BCUT2D eigenvalue weighted by atomic mass is 10.2. The number of nitrogens with zero attached hydrogens (tertiary/aromatic N) is 1. The van der Waals surface area contributed by atoms with E-state index in [2.05, 4.69) is 26.0 Å². The maximum atomic E-state index is 11.9. The highest BCUT2D eigenvalue weighted by atomic mass is 16.1. The molecule has 100 valence electrons.